The van der Waals surface area contributed by atoms with E-state index >= 15 is 0 Å². The van der Waals surface area contributed by atoms with Crippen LogP contribution in [0.3, 0.4) is 0 Å². The summed E-state index contributed by atoms with van der Waals surface area (Å²) < 4.78 is 5.59. The second-order valence-corrected chi connectivity index (χ2v) is 5.29. The Morgan fingerprint density at radius 2 is 2.26 bits per heavy atom. The van der Waals surface area contributed by atoms with Gasteiger partial charge in [-0.2, -0.15) is 0 Å². The molecule has 0 aliphatic carbocycles. The number of rotatable bonds is 9. The Kier molecular flexibility index (Phi) is 7.53. The van der Waals surface area contributed by atoms with Gasteiger partial charge < -0.3 is 10.1 Å². The molecule has 0 amide bonds. The highest BCUT2D eigenvalue weighted by Crippen LogP contribution is 2.18. The normalized spacial score (nSPS) is 10.7. The van der Waals surface area contributed by atoms with Gasteiger partial charge in [-0.1, -0.05) is 31.5 Å². The second-order valence-electron chi connectivity index (χ2n) is 4.88. The molecule has 0 unspecified atom stereocenters. The summed E-state index contributed by atoms with van der Waals surface area (Å²) in [6, 6.07) is 3.64. The number of nitrogens with one attached hydrogen (secondary N) is 1. The number of nitrogens with zero attached hydrogens (tertiary/aromatic N) is 1. The van der Waals surface area contributed by atoms with Crippen molar-refractivity contribution in [2.45, 2.75) is 33.2 Å². The molecule has 0 aliphatic rings. The van der Waals surface area contributed by atoms with Crippen molar-refractivity contribution < 1.29 is 4.74 Å². The molecular weight excluding hydrogens is 260 g/mol. The van der Waals surface area contributed by atoms with E-state index in [0.717, 1.165) is 25.1 Å². The standard InChI is InChI=1S/C15H23ClN2O/c1-4-5-6-9-19-15-8-7-13(16)14(18-15)11-17-10-12(2)3/h4,7-8,12,17H,1,5-6,9-11H2,2-3H3. The quantitative estimate of drug-likeness (QED) is 0.552. The smallest absolute Gasteiger partial charge is 0.213 e. The fourth-order valence-corrected chi connectivity index (χ4v) is 1.72. The van der Waals surface area contributed by atoms with E-state index in [1.807, 2.05) is 18.2 Å². The van der Waals surface area contributed by atoms with Crippen LogP contribution in [0.2, 0.25) is 5.02 Å². The van der Waals surface area contributed by atoms with E-state index in [1.165, 1.54) is 0 Å². The molecule has 19 heavy (non-hydrogen) atoms. The highest BCUT2D eigenvalue weighted by Gasteiger charge is 2.05. The van der Waals surface area contributed by atoms with Crippen molar-refractivity contribution >= 4 is 11.6 Å². The van der Waals surface area contributed by atoms with Gasteiger partial charge in [0.15, 0.2) is 0 Å². The first kappa shape index (κ1) is 16.0. The zero-order valence-electron chi connectivity index (χ0n) is 11.8. The fourth-order valence-electron chi connectivity index (χ4n) is 1.55. The summed E-state index contributed by atoms with van der Waals surface area (Å²) >= 11 is 6.12. The molecule has 1 rings (SSSR count). The monoisotopic (exact) mass is 282 g/mol. The Hall–Kier alpha value is -1.06. The third-order valence-corrected chi connectivity index (χ3v) is 2.88. The molecule has 0 fully saturated rings. The van der Waals surface area contributed by atoms with Gasteiger partial charge in [-0.05, 0) is 31.4 Å². The van der Waals surface area contributed by atoms with Crippen LogP contribution >= 0.6 is 11.6 Å². The Morgan fingerprint density at radius 1 is 1.47 bits per heavy atom. The molecular formula is C15H23ClN2O. The van der Waals surface area contributed by atoms with E-state index < -0.39 is 0 Å². The predicted octanol–water partition coefficient (Wildman–Crippen LogP) is 3.83. The molecule has 0 saturated heterocycles. The number of halogens is 1. The average molecular weight is 283 g/mol. The van der Waals surface area contributed by atoms with Crippen LogP contribution in [0.1, 0.15) is 32.4 Å². The van der Waals surface area contributed by atoms with E-state index in [9.17, 15) is 0 Å². The molecule has 0 bridgehead atoms. The maximum atomic E-state index is 6.12. The molecule has 106 valence electrons. The van der Waals surface area contributed by atoms with Crippen molar-refractivity contribution in [3.05, 3.63) is 35.5 Å². The molecule has 3 nitrogen and oxygen atoms in total. The SMILES string of the molecule is C=CCCCOc1ccc(Cl)c(CNCC(C)C)n1. The van der Waals surface area contributed by atoms with Gasteiger partial charge in [-0.15, -0.1) is 6.58 Å². The number of ether oxygens (including phenoxy) is 1. The van der Waals surface area contributed by atoms with E-state index in [1.54, 1.807) is 0 Å². The van der Waals surface area contributed by atoms with Crippen LogP contribution in [0.5, 0.6) is 5.88 Å². The molecule has 0 spiro atoms. The highest BCUT2D eigenvalue weighted by atomic mass is 35.5. The molecule has 0 radical (unpaired) electrons. The Labute approximate surface area is 121 Å². The van der Waals surface area contributed by atoms with Gasteiger partial charge in [-0.3, -0.25) is 0 Å². The van der Waals surface area contributed by atoms with Gasteiger partial charge in [0, 0.05) is 12.6 Å². The number of unbranched alkanes of at least 4 members (excludes halogenated alkanes) is 1. The summed E-state index contributed by atoms with van der Waals surface area (Å²) in [5.74, 6) is 1.24. The summed E-state index contributed by atoms with van der Waals surface area (Å²) in [6.07, 6.45) is 3.80. The highest BCUT2D eigenvalue weighted by molar-refractivity contribution is 6.31. The lowest BCUT2D eigenvalue weighted by Crippen LogP contribution is -2.20. The summed E-state index contributed by atoms with van der Waals surface area (Å²) in [7, 11) is 0. The van der Waals surface area contributed by atoms with Crippen molar-refractivity contribution in [2.75, 3.05) is 13.2 Å². The fraction of sp³-hybridized carbons (Fsp3) is 0.533. The van der Waals surface area contributed by atoms with Crippen LogP contribution in [0.4, 0.5) is 0 Å². The molecule has 1 aromatic rings. The van der Waals surface area contributed by atoms with E-state index in [4.69, 9.17) is 16.3 Å². The first-order valence-corrected chi connectivity index (χ1v) is 7.11. The van der Waals surface area contributed by atoms with Crippen molar-refractivity contribution in [1.29, 1.82) is 0 Å². The van der Waals surface area contributed by atoms with Crippen molar-refractivity contribution in [3.63, 3.8) is 0 Å². The molecule has 1 heterocycles. The largest absolute Gasteiger partial charge is 0.478 e. The zero-order valence-corrected chi connectivity index (χ0v) is 12.5. The lowest BCUT2D eigenvalue weighted by atomic mass is 10.2. The number of hydrogen-bond donors (Lipinski definition) is 1. The minimum absolute atomic E-state index is 0.608. The first-order chi connectivity index (χ1) is 9.13. The number of hydrogen-bond acceptors (Lipinski definition) is 3. The van der Waals surface area contributed by atoms with Gasteiger partial charge in [0.05, 0.1) is 17.3 Å². The Morgan fingerprint density at radius 3 is 2.95 bits per heavy atom. The van der Waals surface area contributed by atoms with Gasteiger partial charge in [0.1, 0.15) is 0 Å². The summed E-state index contributed by atoms with van der Waals surface area (Å²) in [5.41, 5.74) is 0.837. The van der Waals surface area contributed by atoms with Crippen LogP contribution in [0.25, 0.3) is 0 Å². The van der Waals surface area contributed by atoms with Crippen molar-refractivity contribution in [1.82, 2.24) is 10.3 Å². The predicted molar refractivity (Wildman–Crippen MR) is 80.7 cm³/mol. The van der Waals surface area contributed by atoms with E-state index in [0.29, 0.717) is 30.0 Å². The maximum absolute atomic E-state index is 6.12. The van der Waals surface area contributed by atoms with Crippen LogP contribution in [0.15, 0.2) is 24.8 Å². The molecule has 0 saturated carbocycles. The first-order valence-electron chi connectivity index (χ1n) is 6.73. The number of pyridine rings is 1. The van der Waals surface area contributed by atoms with Crippen LogP contribution in [-0.4, -0.2) is 18.1 Å². The average Bonchev–Trinajstić information content (AvgIpc) is 2.37. The number of allylic oxidation sites excluding steroid dienone is 1. The summed E-state index contributed by atoms with van der Waals surface area (Å²) in [5, 5.41) is 4.01. The maximum Gasteiger partial charge on any atom is 0.213 e. The number of aromatic nitrogens is 1. The van der Waals surface area contributed by atoms with Gasteiger partial charge in [0.2, 0.25) is 5.88 Å². The molecule has 0 aromatic carbocycles. The summed E-state index contributed by atoms with van der Waals surface area (Å²) in [6.45, 7) is 10.3. The van der Waals surface area contributed by atoms with Crippen LogP contribution in [-0.2, 0) is 6.54 Å². The Balaban J connectivity index is 2.48. The lowest BCUT2D eigenvalue weighted by Gasteiger charge is -2.10. The van der Waals surface area contributed by atoms with Gasteiger partial charge >= 0.3 is 0 Å². The molecule has 4 heteroatoms. The van der Waals surface area contributed by atoms with Crippen LogP contribution in [0, 0.1) is 5.92 Å². The molecule has 1 N–H and O–H groups in total. The minimum Gasteiger partial charge on any atom is -0.478 e. The van der Waals surface area contributed by atoms with Gasteiger partial charge in [-0.25, -0.2) is 4.98 Å². The topological polar surface area (TPSA) is 34.1 Å². The second kappa shape index (κ2) is 8.94. The van der Waals surface area contributed by atoms with E-state index in [-0.39, 0.29) is 0 Å². The third-order valence-electron chi connectivity index (χ3n) is 2.54. The van der Waals surface area contributed by atoms with Crippen molar-refractivity contribution in [2.24, 2.45) is 5.92 Å². The third kappa shape index (κ3) is 6.60. The lowest BCUT2D eigenvalue weighted by molar-refractivity contribution is 0.299. The Bertz CT molecular complexity index is 394. The van der Waals surface area contributed by atoms with E-state index in [2.05, 4.69) is 30.7 Å². The van der Waals surface area contributed by atoms with Crippen LogP contribution < -0.4 is 10.1 Å². The molecule has 1 aromatic heterocycles. The van der Waals surface area contributed by atoms with Gasteiger partial charge in [0.25, 0.3) is 0 Å². The summed E-state index contributed by atoms with van der Waals surface area (Å²) in [4.78, 5) is 4.42. The minimum atomic E-state index is 0.608. The zero-order chi connectivity index (χ0) is 14.1. The molecule has 0 aliphatic heterocycles. The molecule has 0 atom stereocenters. The van der Waals surface area contributed by atoms with Crippen molar-refractivity contribution in [3.8, 4) is 5.88 Å².